The minimum absolute atomic E-state index is 0.000267. The largest absolute Gasteiger partial charge is 0.390 e. The van der Waals surface area contributed by atoms with E-state index in [1.807, 2.05) is 0 Å². The van der Waals surface area contributed by atoms with Crippen LogP contribution < -0.4 is 0 Å². The highest BCUT2D eigenvalue weighted by Crippen LogP contribution is 2.67. The Bertz CT molecular complexity index is 878. The summed E-state index contributed by atoms with van der Waals surface area (Å²) < 4.78 is 7.17. The van der Waals surface area contributed by atoms with Gasteiger partial charge in [-0.25, -0.2) is 0 Å². The third-order valence-corrected chi connectivity index (χ3v) is 13.0. The quantitative estimate of drug-likeness (QED) is 0.182. The summed E-state index contributed by atoms with van der Waals surface area (Å²) in [6.07, 6.45) is 16.5. The number of thioether (sulfide) groups is 1. The fourth-order valence-electron chi connectivity index (χ4n) is 9.19. The monoisotopic (exact) mass is 627 g/mol. The third kappa shape index (κ3) is 4.99. The molecule has 6 heteroatoms. The number of aliphatic hydroxyl groups is 1. The zero-order chi connectivity index (χ0) is 25.5. The fourth-order valence-corrected chi connectivity index (χ4v) is 10.6. The summed E-state index contributed by atoms with van der Waals surface area (Å²) >= 11 is 4.13. The zero-order valence-corrected chi connectivity index (χ0v) is 25.4. The number of Topliss-reactive ketones (excluding diaryl/α,β-unsaturated/α-hetero) is 1. The summed E-state index contributed by atoms with van der Waals surface area (Å²) in [5.74, 6) is 4.10. The lowest BCUT2D eigenvalue weighted by molar-refractivity contribution is -0.172. The maximum atomic E-state index is 13.6. The van der Waals surface area contributed by atoms with Crippen LogP contribution in [0.4, 0.5) is 0 Å². The SMILES string of the molecule is CCCO[C@H]1C[C@@]2(C)[C@@H](CC[C@@H]3[C@@H]2CC[C@]2(C)[C@@H](C(=O)CSC4=CCN(CI)C=C4)CC[C@@H]32)C[C@@H]1O. The average Bonchev–Trinajstić information content (AvgIpc) is 3.24. The molecule has 4 fully saturated rings. The van der Waals surface area contributed by atoms with Crippen molar-refractivity contribution in [2.45, 2.75) is 90.8 Å². The summed E-state index contributed by atoms with van der Waals surface area (Å²) in [4.78, 5) is 17.1. The number of ketones is 1. The molecule has 0 amide bonds. The number of halogens is 1. The van der Waals surface area contributed by atoms with Crippen molar-refractivity contribution in [2.24, 2.45) is 40.4 Å². The third-order valence-electron chi connectivity index (χ3n) is 11.1. The number of aliphatic hydroxyl groups excluding tert-OH is 1. The molecule has 4 aliphatic carbocycles. The Balaban J connectivity index is 1.25. The van der Waals surface area contributed by atoms with E-state index in [1.54, 1.807) is 11.8 Å². The lowest BCUT2D eigenvalue weighted by atomic mass is 9.44. The summed E-state index contributed by atoms with van der Waals surface area (Å²) in [6.45, 7) is 8.85. The van der Waals surface area contributed by atoms with Crippen LogP contribution in [0.25, 0.3) is 0 Å². The lowest BCUT2D eigenvalue weighted by Gasteiger charge is -2.61. The van der Waals surface area contributed by atoms with Crippen molar-refractivity contribution in [1.82, 2.24) is 4.90 Å². The molecule has 4 saturated carbocycles. The highest BCUT2D eigenvalue weighted by atomic mass is 127. The van der Waals surface area contributed by atoms with E-state index in [0.29, 0.717) is 23.4 Å². The van der Waals surface area contributed by atoms with Crippen LogP contribution in [0.5, 0.6) is 0 Å². The van der Waals surface area contributed by atoms with Crippen molar-refractivity contribution in [3.63, 3.8) is 0 Å². The normalized spacial score (nSPS) is 44.0. The zero-order valence-electron chi connectivity index (χ0n) is 22.5. The van der Waals surface area contributed by atoms with E-state index in [9.17, 15) is 9.90 Å². The van der Waals surface area contributed by atoms with Crippen molar-refractivity contribution in [3.8, 4) is 0 Å². The predicted molar refractivity (Wildman–Crippen MR) is 157 cm³/mol. The standard InChI is InChI=1S/C30H46INO3S/c1-4-15-35-28-17-30(3)20(16-26(28)33)5-6-22-23-7-8-25(29(23,2)12-9-24(22)30)27(34)18-36-21-10-13-32(19-31)14-11-21/h10-11,13,20,22-26,28,33H,4-9,12,14-19H2,1-3H3/t20-,22-,23-,24-,25+,26-,28-,29-,30-/m0/s1. The summed E-state index contributed by atoms with van der Waals surface area (Å²) in [6, 6.07) is 0. The lowest BCUT2D eigenvalue weighted by Crippen LogP contribution is -2.57. The number of carbonyl (C=O) groups excluding carboxylic acids is 1. The molecule has 0 unspecified atom stereocenters. The Kier molecular flexibility index (Phi) is 8.57. The van der Waals surface area contributed by atoms with Crippen LogP contribution in [0.2, 0.25) is 0 Å². The van der Waals surface area contributed by atoms with Gasteiger partial charge in [-0.3, -0.25) is 4.79 Å². The molecule has 0 aromatic rings. The highest BCUT2D eigenvalue weighted by molar-refractivity contribution is 14.1. The molecule has 202 valence electrons. The van der Waals surface area contributed by atoms with Crippen molar-refractivity contribution in [2.75, 3.05) is 23.5 Å². The molecule has 0 bridgehead atoms. The molecule has 0 saturated heterocycles. The Morgan fingerprint density at radius 3 is 2.72 bits per heavy atom. The first-order valence-corrected chi connectivity index (χ1v) is 16.9. The minimum atomic E-state index is -0.301. The summed E-state index contributed by atoms with van der Waals surface area (Å²) in [5.41, 5.74) is 0.439. The minimum Gasteiger partial charge on any atom is -0.390 e. The summed E-state index contributed by atoms with van der Waals surface area (Å²) in [7, 11) is 0. The molecule has 4 nitrogen and oxygen atoms in total. The second kappa shape index (κ2) is 11.2. The first-order chi connectivity index (χ1) is 17.3. The first kappa shape index (κ1) is 27.5. The van der Waals surface area contributed by atoms with Gasteiger partial charge in [-0.2, -0.15) is 0 Å². The van der Waals surface area contributed by atoms with Crippen LogP contribution >= 0.6 is 34.4 Å². The van der Waals surface area contributed by atoms with Gasteiger partial charge in [0.05, 0.1) is 22.5 Å². The van der Waals surface area contributed by atoms with E-state index in [0.717, 1.165) is 55.2 Å². The molecule has 0 aromatic heterocycles. The molecular weight excluding hydrogens is 581 g/mol. The summed E-state index contributed by atoms with van der Waals surface area (Å²) in [5, 5.41) is 10.8. The van der Waals surface area contributed by atoms with Crippen LogP contribution in [0.15, 0.2) is 23.3 Å². The fraction of sp³-hybridized carbons (Fsp3) is 0.833. The van der Waals surface area contributed by atoms with Crippen molar-refractivity contribution >= 4 is 40.1 Å². The van der Waals surface area contributed by atoms with Gasteiger partial charge in [-0.05, 0) is 98.4 Å². The van der Waals surface area contributed by atoms with Crippen LogP contribution in [0.3, 0.4) is 0 Å². The van der Waals surface area contributed by atoms with Gasteiger partial charge in [0.2, 0.25) is 0 Å². The van der Waals surface area contributed by atoms with Gasteiger partial charge < -0.3 is 14.7 Å². The molecule has 1 N–H and O–H groups in total. The molecule has 1 aliphatic heterocycles. The number of nitrogens with zero attached hydrogens (tertiary/aromatic N) is 1. The molecule has 36 heavy (non-hydrogen) atoms. The van der Waals surface area contributed by atoms with Crippen molar-refractivity contribution in [1.29, 1.82) is 0 Å². The smallest absolute Gasteiger partial charge is 0.146 e. The van der Waals surface area contributed by atoms with Gasteiger partial charge in [0.1, 0.15) is 5.78 Å². The van der Waals surface area contributed by atoms with E-state index in [4.69, 9.17) is 4.74 Å². The molecule has 5 rings (SSSR count). The van der Waals surface area contributed by atoms with Crippen LogP contribution in [-0.2, 0) is 9.53 Å². The Morgan fingerprint density at radius 2 is 2.00 bits per heavy atom. The molecule has 0 spiro atoms. The van der Waals surface area contributed by atoms with Gasteiger partial charge in [-0.15, -0.1) is 11.8 Å². The average molecular weight is 628 g/mol. The molecule has 0 aromatic carbocycles. The van der Waals surface area contributed by atoms with Gasteiger partial charge in [-0.1, -0.05) is 49.4 Å². The molecule has 0 radical (unpaired) electrons. The number of hydrogen-bond acceptors (Lipinski definition) is 5. The topological polar surface area (TPSA) is 49.8 Å². The first-order valence-electron chi connectivity index (χ1n) is 14.4. The van der Waals surface area contributed by atoms with Gasteiger partial charge in [0.15, 0.2) is 0 Å². The second-order valence-electron chi connectivity index (χ2n) is 12.8. The van der Waals surface area contributed by atoms with E-state index >= 15 is 0 Å². The van der Waals surface area contributed by atoms with Crippen LogP contribution in [0.1, 0.15) is 78.6 Å². The number of hydrogen-bond donors (Lipinski definition) is 1. The molecule has 5 aliphatic rings. The molecular formula is C30H46INO3S. The second-order valence-corrected chi connectivity index (χ2v) is 14.5. The maximum Gasteiger partial charge on any atom is 0.146 e. The number of allylic oxidation sites excluding steroid dienone is 1. The van der Waals surface area contributed by atoms with E-state index < -0.39 is 0 Å². The van der Waals surface area contributed by atoms with Crippen LogP contribution in [-0.4, -0.2) is 51.5 Å². The number of rotatable bonds is 8. The Hall–Kier alpha value is -0.0500. The van der Waals surface area contributed by atoms with Gasteiger partial charge in [0, 0.05) is 30.2 Å². The van der Waals surface area contributed by atoms with Crippen molar-refractivity contribution < 1.29 is 14.6 Å². The molecule has 9 atom stereocenters. The van der Waals surface area contributed by atoms with E-state index in [2.05, 4.69) is 66.6 Å². The highest BCUT2D eigenvalue weighted by Gasteiger charge is 2.62. The predicted octanol–water partition coefficient (Wildman–Crippen LogP) is 6.82. The van der Waals surface area contributed by atoms with Gasteiger partial charge >= 0.3 is 0 Å². The number of alkyl halides is 1. The maximum absolute atomic E-state index is 13.6. The molecule has 1 heterocycles. The van der Waals surface area contributed by atoms with E-state index in [-0.39, 0.29) is 29.0 Å². The number of fused-ring (bicyclic) bond motifs is 5. The number of carbonyl (C=O) groups is 1. The Morgan fingerprint density at radius 1 is 1.19 bits per heavy atom. The van der Waals surface area contributed by atoms with Crippen molar-refractivity contribution in [3.05, 3.63) is 23.3 Å². The van der Waals surface area contributed by atoms with Crippen LogP contribution in [0, 0.1) is 40.4 Å². The van der Waals surface area contributed by atoms with E-state index in [1.165, 1.54) is 37.0 Å². The Labute approximate surface area is 236 Å². The van der Waals surface area contributed by atoms with Gasteiger partial charge in [0.25, 0.3) is 0 Å². The number of ether oxygens (including phenoxy) is 1.